The molecule has 0 aliphatic carbocycles. The van der Waals surface area contributed by atoms with Crippen LogP contribution < -0.4 is 19.5 Å². The molecule has 8 heteroatoms. The van der Waals surface area contributed by atoms with Gasteiger partial charge in [0.2, 0.25) is 0 Å². The van der Waals surface area contributed by atoms with E-state index in [2.05, 4.69) is 5.32 Å². The second-order valence-corrected chi connectivity index (χ2v) is 6.31. The van der Waals surface area contributed by atoms with Crippen LogP contribution in [0.2, 0.25) is 0 Å². The molecule has 0 saturated heterocycles. The Morgan fingerprint density at radius 1 is 0.933 bits per heavy atom. The summed E-state index contributed by atoms with van der Waals surface area (Å²) in [6.45, 7) is 1.47. The molecule has 0 fully saturated rings. The van der Waals surface area contributed by atoms with E-state index in [1.54, 1.807) is 49.6 Å². The summed E-state index contributed by atoms with van der Waals surface area (Å²) in [6, 6.07) is 11.9. The Hall–Kier alpha value is -3.55. The zero-order valence-electron chi connectivity index (χ0n) is 17.2. The summed E-state index contributed by atoms with van der Waals surface area (Å²) in [5.41, 5.74) is 1.40. The van der Waals surface area contributed by atoms with Crippen LogP contribution in [-0.2, 0) is 20.9 Å². The standard InChI is InChI=1S/C22H25NO7/c1-15(24)17-5-7-18(8-6-17)29-11-10-22(26)30-14-21(25)23-13-16-4-9-19(27-2)20(12-16)28-3/h4-9,12H,10-11,13-14H2,1-3H3,(H,23,25). The molecule has 0 unspecified atom stereocenters. The molecule has 0 aliphatic rings. The van der Waals surface area contributed by atoms with Crippen molar-refractivity contribution in [2.75, 3.05) is 27.4 Å². The molecule has 2 rings (SSSR count). The van der Waals surface area contributed by atoms with Gasteiger partial charge in [0.05, 0.1) is 27.2 Å². The Bertz CT molecular complexity index is 878. The second-order valence-electron chi connectivity index (χ2n) is 6.31. The fourth-order valence-electron chi connectivity index (χ4n) is 2.50. The highest BCUT2D eigenvalue weighted by molar-refractivity contribution is 5.94. The first-order valence-corrected chi connectivity index (χ1v) is 9.30. The van der Waals surface area contributed by atoms with Crippen molar-refractivity contribution in [1.29, 1.82) is 0 Å². The Morgan fingerprint density at radius 2 is 1.63 bits per heavy atom. The summed E-state index contributed by atoms with van der Waals surface area (Å²) < 4.78 is 20.7. The highest BCUT2D eigenvalue weighted by atomic mass is 16.5. The number of ether oxygens (including phenoxy) is 4. The van der Waals surface area contributed by atoms with Gasteiger partial charge in [-0.15, -0.1) is 0 Å². The van der Waals surface area contributed by atoms with Crippen molar-refractivity contribution in [3.63, 3.8) is 0 Å². The summed E-state index contributed by atoms with van der Waals surface area (Å²) in [5.74, 6) is 0.704. The fraction of sp³-hybridized carbons (Fsp3) is 0.318. The van der Waals surface area contributed by atoms with Gasteiger partial charge in [0.15, 0.2) is 23.9 Å². The zero-order chi connectivity index (χ0) is 21.9. The van der Waals surface area contributed by atoms with Crippen molar-refractivity contribution in [3.8, 4) is 17.2 Å². The molecule has 0 saturated carbocycles. The van der Waals surface area contributed by atoms with E-state index >= 15 is 0 Å². The van der Waals surface area contributed by atoms with Crippen molar-refractivity contribution >= 4 is 17.7 Å². The quantitative estimate of drug-likeness (QED) is 0.445. The Kier molecular flexibility index (Phi) is 8.68. The van der Waals surface area contributed by atoms with Crippen molar-refractivity contribution < 1.29 is 33.3 Å². The maximum absolute atomic E-state index is 11.9. The molecule has 0 aliphatic heterocycles. The first-order chi connectivity index (χ1) is 14.4. The van der Waals surface area contributed by atoms with E-state index in [1.165, 1.54) is 14.0 Å². The van der Waals surface area contributed by atoms with E-state index in [4.69, 9.17) is 18.9 Å². The van der Waals surface area contributed by atoms with Crippen LogP contribution in [0.1, 0.15) is 29.3 Å². The second kappa shape index (κ2) is 11.5. The van der Waals surface area contributed by atoms with Crippen LogP contribution in [0.5, 0.6) is 17.2 Å². The van der Waals surface area contributed by atoms with Gasteiger partial charge in [-0.3, -0.25) is 14.4 Å². The number of esters is 1. The predicted molar refractivity (Wildman–Crippen MR) is 109 cm³/mol. The Morgan fingerprint density at radius 3 is 2.27 bits per heavy atom. The molecular formula is C22H25NO7. The number of nitrogens with one attached hydrogen (secondary N) is 1. The van der Waals surface area contributed by atoms with Gasteiger partial charge in [-0.25, -0.2) is 0 Å². The molecule has 1 N–H and O–H groups in total. The molecule has 0 atom stereocenters. The molecule has 30 heavy (non-hydrogen) atoms. The van der Waals surface area contributed by atoms with Crippen molar-refractivity contribution in [1.82, 2.24) is 5.32 Å². The molecule has 2 aromatic rings. The van der Waals surface area contributed by atoms with E-state index in [-0.39, 0.29) is 32.0 Å². The van der Waals surface area contributed by atoms with E-state index in [0.29, 0.717) is 22.8 Å². The lowest BCUT2D eigenvalue weighted by atomic mass is 10.1. The van der Waals surface area contributed by atoms with Crippen LogP contribution in [0, 0.1) is 0 Å². The maximum atomic E-state index is 11.9. The van der Waals surface area contributed by atoms with Crippen molar-refractivity contribution in [2.45, 2.75) is 19.9 Å². The lowest BCUT2D eigenvalue weighted by Crippen LogP contribution is -2.28. The van der Waals surface area contributed by atoms with Gasteiger partial charge in [-0.05, 0) is 48.9 Å². The van der Waals surface area contributed by atoms with Crippen LogP contribution >= 0.6 is 0 Å². The lowest BCUT2D eigenvalue weighted by Gasteiger charge is -2.11. The smallest absolute Gasteiger partial charge is 0.309 e. The predicted octanol–water partition coefficient (Wildman–Crippen LogP) is 2.53. The topological polar surface area (TPSA) is 100 Å². The summed E-state index contributed by atoms with van der Waals surface area (Å²) >= 11 is 0. The average Bonchev–Trinajstić information content (AvgIpc) is 2.76. The van der Waals surface area contributed by atoms with Crippen LogP contribution in [-0.4, -0.2) is 45.1 Å². The SMILES string of the molecule is COc1ccc(CNC(=O)COC(=O)CCOc2ccc(C(C)=O)cc2)cc1OC. The molecule has 0 bridgehead atoms. The summed E-state index contributed by atoms with van der Waals surface area (Å²) in [7, 11) is 3.08. The molecule has 2 aromatic carbocycles. The lowest BCUT2D eigenvalue weighted by molar-refractivity contribution is -0.149. The van der Waals surface area contributed by atoms with Crippen LogP contribution in [0.3, 0.4) is 0 Å². The number of methoxy groups -OCH3 is 2. The van der Waals surface area contributed by atoms with Crippen LogP contribution in [0.15, 0.2) is 42.5 Å². The normalized spacial score (nSPS) is 10.1. The molecule has 0 radical (unpaired) electrons. The number of benzene rings is 2. The van der Waals surface area contributed by atoms with Crippen LogP contribution in [0.25, 0.3) is 0 Å². The number of hydrogen-bond acceptors (Lipinski definition) is 7. The summed E-state index contributed by atoms with van der Waals surface area (Å²) in [5, 5.41) is 2.67. The Balaban J connectivity index is 1.66. The molecule has 0 heterocycles. The minimum absolute atomic E-state index is 0.00256. The fourth-order valence-corrected chi connectivity index (χ4v) is 2.50. The van der Waals surface area contributed by atoms with E-state index in [0.717, 1.165) is 5.56 Å². The van der Waals surface area contributed by atoms with Gasteiger partial charge in [-0.2, -0.15) is 0 Å². The molecule has 1 amide bonds. The molecule has 8 nitrogen and oxygen atoms in total. The monoisotopic (exact) mass is 415 g/mol. The third kappa shape index (κ3) is 7.12. The number of Topliss-reactive ketones (excluding diaryl/α,β-unsaturated/α-hetero) is 1. The number of hydrogen-bond donors (Lipinski definition) is 1. The van der Waals surface area contributed by atoms with Gasteiger partial charge >= 0.3 is 5.97 Å². The third-order valence-electron chi connectivity index (χ3n) is 4.14. The number of carbonyl (C=O) groups is 3. The number of rotatable bonds is 11. The first-order valence-electron chi connectivity index (χ1n) is 9.30. The van der Waals surface area contributed by atoms with E-state index in [9.17, 15) is 14.4 Å². The Labute approximate surface area is 175 Å². The zero-order valence-corrected chi connectivity index (χ0v) is 17.2. The molecule has 0 aromatic heterocycles. The summed E-state index contributed by atoms with van der Waals surface area (Å²) in [4.78, 5) is 34.9. The number of ketones is 1. The summed E-state index contributed by atoms with van der Waals surface area (Å²) in [6.07, 6.45) is -0.00256. The molecule has 0 spiro atoms. The third-order valence-corrected chi connectivity index (χ3v) is 4.14. The highest BCUT2D eigenvalue weighted by Gasteiger charge is 2.09. The van der Waals surface area contributed by atoms with Crippen molar-refractivity contribution in [2.24, 2.45) is 0 Å². The maximum Gasteiger partial charge on any atom is 0.309 e. The van der Waals surface area contributed by atoms with Crippen LogP contribution in [0.4, 0.5) is 0 Å². The molecule has 160 valence electrons. The highest BCUT2D eigenvalue weighted by Crippen LogP contribution is 2.27. The molecular weight excluding hydrogens is 390 g/mol. The van der Waals surface area contributed by atoms with Gasteiger partial charge in [0.1, 0.15) is 5.75 Å². The van der Waals surface area contributed by atoms with Gasteiger partial charge in [0.25, 0.3) is 5.91 Å². The number of amides is 1. The van der Waals surface area contributed by atoms with E-state index in [1.807, 2.05) is 0 Å². The minimum atomic E-state index is -0.545. The largest absolute Gasteiger partial charge is 0.493 e. The minimum Gasteiger partial charge on any atom is -0.493 e. The van der Waals surface area contributed by atoms with E-state index < -0.39 is 11.9 Å². The van der Waals surface area contributed by atoms with Gasteiger partial charge in [-0.1, -0.05) is 6.07 Å². The van der Waals surface area contributed by atoms with Gasteiger partial charge in [0, 0.05) is 12.1 Å². The number of carbonyl (C=O) groups excluding carboxylic acids is 3. The average molecular weight is 415 g/mol. The van der Waals surface area contributed by atoms with Gasteiger partial charge < -0.3 is 24.3 Å². The first kappa shape index (κ1) is 22.7. The van der Waals surface area contributed by atoms with Crippen molar-refractivity contribution in [3.05, 3.63) is 53.6 Å².